The number of nitrogens with two attached hydrogens (primary N) is 1. The highest BCUT2D eigenvalue weighted by molar-refractivity contribution is 6.30. The van der Waals surface area contributed by atoms with Crippen LogP contribution < -0.4 is 5.73 Å². The predicted molar refractivity (Wildman–Crippen MR) is 42.0 cm³/mol. The SMILES string of the molecule is NCCc1cncc(Cl)c1F. The molecule has 0 saturated heterocycles. The molecule has 0 aliphatic carbocycles. The number of aromatic nitrogens is 1. The lowest BCUT2D eigenvalue weighted by molar-refractivity contribution is 0.607. The van der Waals surface area contributed by atoms with Crippen molar-refractivity contribution in [3.63, 3.8) is 0 Å². The Morgan fingerprint density at radius 1 is 1.55 bits per heavy atom. The maximum absolute atomic E-state index is 13.0. The molecule has 0 saturated carbocycles. The van der Waals surface area contributed by atoms with Crippen LogP contribution in [0.15, 0.2) is 12.4 Å². The average molecular weight is 175 g/mol. The summed E-state index contributed by atoms with van der Waals surface area (Å²) >= 11 is 5.47. The van der Waals surface area contributed by atoms with Crippen LogP contribution in [0.1, 0.15) is 5.56 Å². The van der Waals surface area contributed by atoms with Gasteiger partial charge in [-0.15, -0.1) is 0 Å². The fourth-order valence-corrected chi connectivity index (χ4v) is 0.967. The van der Waals surface area contributed by atoms with Crippen LogP contribution in [-0.4, -0.2) is 11.5 Å². The first-order valence-electron chi connectivity index (χ1n) is 3.23. The molecule has 60 valence electrons. The lowest BCUT2D eigenvalue weighted by atomic mass is 10.2. The van der Waals surface area contributed by atoms with Crippen LogP contribution in [0.2, 0.25) is 5.02 Å². The third-order valence-electron chi connectivity index (χ3n) is 1.32. The fourth-order valence-electron chi connectivity index (χ4n) is 0.789. The predicted octanol–water partition coefficient (Wildman–Crippen LogP) is 1.38. The molecule has 4 heteroatoms. The number of pyridine rings is 1. The molecular weight excluding hydrogens is 167 g/mol. The molecule has 1 aromatic heterocycles. The Bertz CT molecular complexity index is 252. The van der Waals surface area contributed by atoms with Crippen LogP contribution in [0.5, 0.6) is 0 Å². The van der Waals surface area contributed by atoms with E-state index in [2.05, 4.69) is 4.98 Å². The van der Waals surface area contributed by atoms with Gasteiger partial charge in [0.15, 0.2) is 0 Å². The van der Waals surface area contributed by atoms with Gasteiger partial charge in [0, 0.05) is 18.0 Å². The third-order valence-corrected chi connectivity index (χ3v) is 1.59. The minimum atomic E-state index is -0.410. The molecule has 0 atom stereocenters. The summed E-state index contributed by atoms with van der Waals surface area (Å²) in [7, 11) is 0. The van der Waals surface area contributed by atoms with Gasteiger partial charge >= 0.3 is 0 Å². The smallest absolute Gasteiger partial charge is 0.148 e. The Kier molecular flexibility index (Phi) is 2.79. The Balaban J connectivity index is 2.96. The zero-order chi connectivity index (χ0) is 8.27. The standard InChI is InChI=1S/C7H8ClFN2/c8-6-4-11-3-5(1-2-10)7(6)9/h3-4H,1-2,10H2. The van der Waals surface area contributed by atoms with Gasteiger partial charge in [-0.25, -0.2) is 4.39 Å². The van der Waals surface area contributed by atoms with Gasteiger partial charge in [-0.1, -0.05) is 11.6 Å². The van der Waals surface area contributed by atoms with Gasteiger partial charge in [0.1, 0.15) is 5.82 Å². The normalized spacial score (nSPS) is 10.1. The van der Waals surface area contributed by atoms with E-state index >= 15 is 0 Å². The fraction of sp³-hybridized carbons (Fsp3) is 0.286. The molecule has 1 aromatic rings. The van der Waals surface area contributed by atoms with E-state index in [4.69, 9.17) is 17.3 Å². The highest BCUT2D eigenvalue weighted by Gasteiger charge is 2.04. The number of hydrogen-bond acceptors (Lipinski definition) is 2. The molecule has 11 heavy (non-hydrogen) atoms. The second kappa shape index (κ2) is 3.64. The van der Waals surface area contributed by atoms with E-state index in [9.17, 15) is 4.39 Å². The summed E-state index contributed by atoms with van der Waals surface area (Å²) in [6.07, 6.45) is 3.18. The van der Waals surface area contributed by atoms with Crippen LogP contribution >= 0.6 is 11.6 Å². The minimum Gasteiger partial charge on any atom is -0.330 e. The first kappa shape index (κ1) is 8.43. The van der Waals surface area contributed by atoms with Crippen molar-refractivity contribution in [1.82, 2.24) is 4.98 Å². The summed E-state index contributed by atoms with van der Waals surface area (Å²) in [5.74, 6) is -0.410. The Hall–Kier alpha value is -0.670. The molecule has 0 unspecified atom stereocenters. The molecule has 1 heterocycles. The Labute approximate surface area is 69.2 Å². The van der Waals surface area contributed by atoms with E-state index in [1.54, 1.807) is 0 Å². The van der Waals surface area contributed by atoms with Gasteiger partial charge in [0.05, 0.1) is 5.02 Å². The van der Waals surface area contributed by atoms with E-state index < -0.39 is 5.82 Å². The lowest BCUT2D eigenvalue weighted by Gasteiger charge is -2.00. The number of hydrogen-bond donors (Lipinski definition) is 1. The largest absolute Gasteiger partial charge is 0.330 e. The molecule has 0 radical (unpaired) electrons. The van der Waals surface area contributed by atoms with Gasteiger partial charge in [-0.05, 0) is 13.0 Å². The van der Waals surface area contributed by atoms with Crippen molar-refractivity contribution in [1.29, 1.82) is 0 Å². The van der Waals surface area contributed by atoms with Crippen LogP contribution in [0.4, 0.5) is 4.39 Å². The zero-order valence-corrected chi connectivity index (χ0v) is 6.61. The summed E-state index contributed by atoms with van der Waals surface area (Å²) in [5, 5.41) is 0.0518. The van der Waals surface area contributed by atoms with Crippen LogP contribution in [0.3, 0.4) is 0 Å². The molecule has 0 amide bonds. The number of halogens is 2. The topological polar surface area (TPSA) is 38.9 Å². The molecule has 0 bridgehead atoms. The first-order valence-corrected chi connectivity index (χ1v) is 3.61. The molecule has 0 aliphatic heterocycles. The van der Waals surface area contributed by atoms with Gasteiger partial charge in [0.2, 0.25) is 0 Å². The van der Waals surface area contributed by atoms with E-state index in [-0.39, 0.29) is 5.02 Å². The second-order valence-corrected chi connectivity index (χ2v) is 2.54. The van der Waals surface area contributed by atoms with Crippen molar-refractivity contribution in [2.75, 3.05) is 6.54 Å². The lowest BCUT2D eigenvalue weighted by Crippen LogP contribution is -2.05. The van der Waals surface area contributed by atoms with Gasteiger partial charge in [-0.2, -0.15) is 0 Å². The molecule has 1 rings (SSSR count). The van der Waals surface area contributed by atoms with Gasteiger partial charge in [-0.3, -0.25) is 4.98 Å². The first-order chi connectivity index (χ1) is 5.25. The Morgan fingerprint density at radius 2 is 2.27 bits per heavy atom. The van der Waals surface area contributed by atoms with Crippen LogP contribution in [0, 0.1) is 5.82 Å². The van der Waals surface area contributed by atoms with Crippen molar-refractivity contribution in [3.05, 3.63) is 28.8 Å². The van der Waals surface area contributed by atoms with Gasteiger partial charge in [0.25, 0.3) is 0 Å². The maximum Gasteiger partial charge on any atom is 0.148 e. The third kappa shape index (κ3) is 1.88. The van der Waals surface area contributed by atoms with Gasteiger partial charge < -0.3 is 5.73 Å². The van der Waals surface area contributed by atoms with E-state index in [1.165, 1.54) is 12.4 Å². The quantitative estimate of drug-likeness (QED) is 0.736. The van der Waals surface area contributed by atoms with E-state index in [0.29, 0.717) is 18.5 Å². The van der Waals surface area contributed by atoms with Crippen molar-refractivity contribution < 1.29 is 4.39 Å². The molecular formula is C7H8ClFN2. The molecule has 0 aromatic carbocycles. The molecule has 0 spiro atoms. The van der Waals surface area contributed by atoms with Crippen molar-refractivity contribution >= 4 is 11.6 Å². The van der Waals surface area contributed by atoms with E-state index in [0.717, 1.165) is 0 Å². The molecule has 0 fully saturated rings. The van der Waals surface area contributed by atoms with Crippen molar-refractivity contribution in [2.24, 2.45) is 5.73 Å². The summed E-state index contributed by atoms with van der Waals surface area (Å²) < 4.78 is 13.0. The van der Waals surface area contributed by atoms with Crippen molar-refractivity contribution in [2.45, 2.75) is 6.42 Å². The summed E-state index contributed by atoms with van der Waals surface area (Å²) in [5.41, 5.74) is 5.71. The summed E-state index contributed by atoms with van der Waals surface area (Å²) in [6, 6.07) is 0. The number of rotatable bonds is 2. The summed E-state index contributed by atoms with van der Waals surface area (Å²) in [6.45, 7) is 0.402. The summed E-state index contributed by atoms with van der Waals surface area (Å²) in [4.78, 5) is 3.74. The molecule has 0 aliphatic rings. The van der Waals surface area contributed by atoms with Crippen molar-refractivity contribution in [3.8, 4) is 0 Å². The minimum absolute atomic E-state index is 0.0518. The Morgan fingerprint density at radius 3 is 2.91 bits per heavy atom. The van der Waals surface area contributed by atoms with E-state index in [1.807, 2.05) is 0 Å². The van der Waals surface area contributed by atoms with Crippen LogP contribution in [0.25, 0.3) is 0 Å². The second-order valence-electron chi connectivity index (χ2n) is 2.13. The zero-order valence-electron chi connectivity index (χ0n) is 5.85. The highest BCUT2D eigenvalue weighted by atomic mass is 35.5. The maximum atomic E-state index is 13.0. The average Bonchev–Trinajstić information content (AvgIpc) is 1.99. The molecule has 2 N–H and O–H groups in total. The number of nitrogens with zero attached hydrogens (tertiary/aromatic N) is 1. The molecule has 2 nitrogen and oxygen atoms in total. The van der Waals surface area contributed by atoms with Crippen LogP contribution in [-0.2, 0) is 6.42 Å². The monoisotopic (exact) mass is 174 g/mol. The highest BCUT2D eigenvalue weighted by Crippen LogP contribution is 2.15.